The third kappa shape index (κ3) is 3.21. The second-order valence-corrected chi connectivity index (χ2v) is 3.67. The fourth-order valence-electron chi connectivity index (χ4n) is 1.67. The Morgan fingerprint density at radius 1 is 1.36 bits per heavy atom. The first-order valence-electron chi connectivity index (χ1n) is 4.77. The highest BCUT2D eigenvalue weighted by Gasteiger charge is 2.14. The molecular formula is C9H20N2. The van der Waals surface area contributed by atoms with Gasteiger partial charge >= 0.3 is 0 Å². The van der Waals surface area contributed by atoms with Crippen molar-refractivity contribution in [3.05, 3.63) is 0 Å². The summed E-state index contributed by atoms with van der Waals surface area (Å²) in [6.45, 7) is 4.43. The smallest absolute Gasteiger partial charge is 0.00508 e. The zero-order valence-electron chi connectivity index (χ0n) is 7.47. The van der Waals surface area contributed by atoms with Crippen molar-refractivity contribution in [3.8, 4) is 0 Å². The highest BCUT2D eigenvalue weighted by Crippen LogP contribution is 2.13. The highest BCUT2D eigenvalue weighted by molar-refractivity contribution is 4.72. The van der Waals surface area contributed by atoms with Gasteiger partial charge in [0.05, 0.1) is 0 Å². The summed E-state index contributed by atoms with van der Waals surface area (Å²) in [6.07, 6.45) is 5.39. The average molecular weight is 156 g/mol. The summed E-state index contributed by atoms with van der Waals surface area (Å²) in [4.78, 5) is 0. The van der Waals surface area contributed by atoms with E-state index < -0.39 is 0 Å². The molecular weight excluding hydrogens is 136 g/mol. The molecule has 3 N–H and O–H groups in total. The molecule has 0 aromatic heterocycles. The molecule has 0 bridgehead atoms. The third-order valence-corrected chi connectivity index (χ3v) is 2.58. The van der Waals surface area contributed by atoms with Gasteiger partial charge in [-0.2, -0.15) is 0 Å². The van der Waals surface area contributed by atoms with Crippen LogP contribution >= 0.6 is 0 Å². The third-order valence-electron chi connectivity index (χ3n) is 2.58. The molecule has 0 radical (unpaired) electrons. The van der Waals surface area contributed by atoms with Crippen LogP contribution in [0, 0.1) is 5.92 Å². The van der Waals surface area contributed by atoms with Gasteiger partial charge in [0.15, 0.2) is 0 Å². The minimum atomic E-state index is 0.362. The van der Waals surface area contributed by atoms with Crippen molar-refractivity contribution in [1.82, 2.24) is 5.32 Å². The number of nitrogens with two attached hydrogens (primary N) is 1. The van der Waals surface area contributed by atoms with E-state index in [-0.39, 0.29) is 0 Å². The SMILES string of the molecule is CC(N)C1CCCCCNC1. The van der Waals surface area contributed by atoms with Crippen LogP contribution in [0.5, 0.6) is 0 Å². The summed E-state index contributed by atoms with van der Waals surface area (Å²) in [5.41, 5.74) is 5.85. The minimum absolute atomic E-state index is 0.362. The molecule has 0 aromatic carbocycles. The fraction of sp³-hybridized carbons (Fsp3) is 1.00. The summed E-state index contributed by atoms with van der Waals surface area (Å²) in [5.74, 6) is 0.704. The zero-order chi connectivity index (χ0) is 8.10. The minimum Gasteiger partial charge on any atom is -0.328 e. The first kappa shape index (κ1) is 9.01. The first-order valence-corrected chi connectivity index (χ1v) is 4.77. The standard InChI is InChI=1S/C9H20N2/c1-8(10)9-5-3-2-4-6-11-7-9/h8-9,11H,2-7,10H2,1H3. The van der Waals surface area contributed by atoms with E-state index in [1.165, 1.54) is 32.2 Å². The molecule has 1 aliphatic rings. The Kier molecular flexibility index (Phi) is 3.87. The van der Waals surface area contributed by atoms with Crippen LogP contribution in [0.15, 0.2) is 0 Å². The van der Waals surface area contributed by atoms with E-state index in [0.29, 0.717) is 12.0 Å². The average Bonchev–Trinajstić information content (AvgIpc) is 1.84. The maximum atomic E-state index is 5.85. The Morgan fingerprint density at radius 3 is 2.91 bits per heavy atom. The van der Waals surface area contributed by atoms with E-state index in [2.05, 4.69) is 12.2 Å². The number of hydrogen-bond acceptors (Lipinski definition) is 2. The molecule has 0 spiro atoms. The summed E-state index contributed by atoms with van der Waals surface area (Å²) >= 11 is 0. The Labute approximate surface area is 69.5 Å². The molecule has 2 atom stereocenters. The molecule has 0 amide bonds. The van der Waals surface area contributed by atoms with E-state index in [0.717, 1.165) is 6.54 Å². The molecule has 0 aliphatic carbocycles. The van der Waals surface area contributed by atoms with Crippen molar-refractivity contribution in [1.29, 1.82) is 0 Å². The Balaban J connectivity index is 2.26. The van der Waals surface area contributed by atoms with Crippen molar-refractivity contribution < 1.29 is 0 Å². The molecule has 1 rings (SSSR count). The lowest BCUT2D eigenvalue weighted by atomic mass is 9.93. The molecule has 0 aromatic rings. The summed E-state index contributed by atoms with van der Waals surface area (Å²) in [6, 6.07) is 0.362. The van der Waals surface area contributed by atoms with E-state index in [1.54, 1.807) is 0 Å². The van der Waals surface area contributed by atoms with E-state index >= 15 is 0 Å². The molecule has 0 saturated carbocycles. The largest absolute Gasteiger partial charge is 0.328 e. The molecule has 1 heterocycles. The molecule has 11 heavy (non-hydrogen) atoms. The molecule has 1 fully saturated rings. The lowest BCUT2D eigenvalue weighted by molar-refractivity contribution is 0.351. The normalized spacial score (nSPS) is 30.5. The Morgan fingerprint density at radius 2 is 2.18 bits per heavy atom. The van der Waals surface area contributed by atoms with Crippen LogP contribution in [0.4, 0.5) is 0 Å². The maximum Gasteiger partial charge on any atom is 0.00508 e. The lowest BCUT2D eigenvalue weighted by Gasteiger charge is -2.23. The molecule has 2 nitrogen and oxygen atoms in total. The van der Waals surface area contributed by atoms with Crippen molar-refractivity contribution in [3.63, 3.8) is 0 Å². The van der Waals surface area contributed by atoms with Gasteiger partial charge in [-0.25, -0.2) is 0 Å². The van der Waals surface area contributed by atoms with Gasteiger partial charge in [-0.1, -0.05) is 12.8 Å². The van der Waals surface area contributed by atoms with Crippen LogP contribution < -0.4 is 11.1 Å². The first-order chi connectivity index (χ1) is 5.30. The van der Waals surface area contributed by atoms with Crippen molar-refractivity contribution in [2.24, 2.45) is 11.7 Å². The predicted molar refractivity (Wildman–Crippen MR) is 48.5 cm³/mol. The maximum absolute atomic E-state index is 5.85. The van der Waals surface area contributed by atoms with E-state index in [4.69, 9.17) is 5.73 Å². The van der Waals surface area contributed by atoms with Gasteiger partial charge in [0, 0.05) is 6.04 Å². The van der Waals surface area contributed by atoms with Crippen molar-refractivity contribution in [2.45, 2.75) is 38.6 Å². The monoisotopic (exact) mass is 156 g/mol. The van der Waals surface area contributed by atoms with Gasteiger partial charge in [0.25, 0.3) is 0 Å². The molecule has 2 heteroatoms. The van der Waals surface area contributed by atoms with Crippen molar-refractivity contribution >= 4 is 0 Å². The summed E-state index contributed by atoms with van der Waals surface area (Å²) in [7, 11) is 0. The predicted octanol–water partition coefficient (Wildman–Crippen LogP) is 1.11. The van der Waals surface area contributed by atoms with Gasteiger partial charge in [-0.15, -0.1) is 0 Å². The molecule has 1 aliphatic heterocycles. The molecule has 66 valence electrons. The van der Waals surface area contributed by atoms with Gasteiger partial charge in [0.1, 0.15) is 0 Å². The van der Waals surface area contributed by atoms with Crippen LogP contribution in [0.2, 0.25) is 0 Å². The topological polar surface area (TPSA) is 38.0 Å². The fourth-order valence-corrected chi connectivity index (χ4v) is 1.67. The van der Waals surface area contributed by atoms with Crippen LogP contribution in [-0.2, 0) is 0 Å². The summed E-state index contributed by atoms with van der Waals surface area (Å²) in [5, 5.41) is 3.44. The quantitative estimate of drug-likeness (QED) is 0.597. The van der Waals surface area contributed by atoms with Crippen LogP contribution in [0.25, 0.3) is 0 Å². The number of hydrogen-bond donors (Lipinski definition) is 2. The van der Waals surface area contributed by atoms with Crippen LogP contribution in [0.3, 0.4) is 0 Å². The summed E-state index contributed by atoms with van der Waals surface area (Å²) < 4.78 is 0. The van der Waals surface area contributed by atoms with Gasteiger partial charge in [0.2, 0.25) is 0 Å². The highest BCUT2D eigenvalue weighted by atomic mass is 14.9. The van der Waals surface area contributed by atoms with Gasteiger partial charge in [-0.05, 0) is 38.8 Å². The number of rotatable bonds is 1. The van der Waals surface area contributed by atoms with Crippen LogP contribution in [0.1, 0.15) is 32.6 Å². The number of nitrogens with one attached hydrogen (secondary N) is 1. The lowest BCUT2D eigenvalue weighted by Crippen LogP contribution is -2.36. The zero-order valence-corrected chi connectivity index (χ0v) is 7.47. The Bertz CT molecular complexity index is 93.7. The molecule has 1 saturated heterocycles. The second kappa shape index (κ2) is 4.73. The molecule has 2 unspecified atom stereocenters. The Hall–Kier alpha value is -0.0800. The second-order valence-electron chi connectivity index (χ2n) is 3.67. The van der Waals surface area contributed by atoms with E-state index in [1.807, 2.05) is 0 Å². The van der Waals surface area contributed by atoms with Gasteiger partial charge < -0.3 is 11.1 Å². The van der Waals surface area contributed by atoms with Gasteiger partial charge in [-0.3, -0.25) is 0 Å². The van der Waals surface area contributed by atoms with Crippen LogP contribution in [-0.4, -0.2) is 19.1 Å². The van der Waals surface area contributed by atoms with E-state index in [9.17, 15) is 0 Å². The van der Waals surface area contributed by atoms with Crippen molar-refractivity contribution in [2.75, 3.05) is 13.1 Å².